The van der Waals surface area contributed by atoms with E-state index in [0.717, 1.165) is 54.7 Å². The number of benzene rings is 3. The summed E-state index contributed by atoms with van der Waals surface area (Å²) in [5.74, 6) is 0.314. The van der Waals surface area contributed by atoms with Crippen LogP contribution >= 0.6 is 0 Å². The fourth-order valence-corrected chi connectivity index (χ4v) is 8.97. The van der Waals surface area contributed by atoms with Gasteiger partial charge in [0.1, 0.15) is 24.0 Å². The van der Waals surface area contributed by atoms with Crippen molar-refractivity contribution in [2.45, 2.75) is 77.0 Å². The van der Waals surface area contributed by atoms with Crippen LogP contribution in [-0.2, 0) is 16.2 Å². The zero-order valence-corrected chi connectivity index (χ0v) is 34.9. The SMILES string of the molecule is C=C1[C@H]([C@H](C)CNC(=O)[C@@H]2[C@H]([C@H](C)O)[C@H](CO)ON2Cc2cccc(-c3cc(C(=O)N[C@H](CN4CCCC4)[C@H](O)c4ccccc4)cc(N(C)C)c3)c2OC)C[C@@H]1C. The Bertz CT molecular complexity index is 1880. The molecule has 3 aliphatic rings. The number of aliphatic hydroxyl groups excluding tert-OH is 3. The van der Waals surface area contributed by atoms with Crippen molar-refractivity contribution in [2.24, 2.45) is 23.7 Å². The van der Waals surface area contributed by atoms with E-state index in [1.54, 1.807) is 19.1 Å². The summed E-state index contributed by atoms with van der Waals surface area (Å²) in [6, 6.07) is 19.4. The zero-order chi connectivity index (χ0) is 41.7. The molecule has 12 nitrogen and oxygen atoms in total. The van der Waals surface area contributed by atoms with Crippen LogP contribution in [-0.4, -0.2) is 115 Å². The van der Waals surface area contributed by atoms with Gasteiger partial charge in [0.05, 0.1) is 32.4 Å². The van der Waals surface area contributed by atoms with E-state index in [1.807, 2.05) is 85.7 Å². The Morgan fingerprint density at radius 2 is 1.76 bits per heavy atom. The van der Waals surface area contributed by atoms with Gasteiger partial charge in [-0.25, -0.2) is 0 Å². The molecule has 0 bridgehead atoms. The van der Waals surface area contributed by atoms with Crippen LogP contribution < -0.4 is 20.3 Å². The third-order valence-corrected chi connectivity index (χ3v) is 12.5. The highest BCUT2D eigenvalue weighted by Crippen LogP contribution is 2.43. The summed E-state index contributed by atoms with van der Waals surface area (Å²) >= 11 is 0. The van der Waals surface area contributed by atoms with Crippen molar-refractivity contribution in [3.63, 3.8) is 0 Å². The summed E-state index contributed by atoms with van der Waals surface area (Å²) in [4.78, 5) is 38.7. The van der Waals surface area contributed by atoms with Gasteiger partial charge in [0.25, 0.3) is 5.91 Å². The van der Waals surface area contributed by atoms with Gasteiger partial charge in [0, 0.05) is 55.5 Å². The number of aliphatic hydroxyl groups is 3. The highest BCUT2D eigenvalue weighted by atomic mass is 16.7. The van der Waals surface area contributed by atoms with Gasteiger partial charge in [-0.15, -0.1) is 0 Å². The minimum absolute atomic E-state index is 0.123. The number of carbonyl (C=O) groups excluding carboxylic acids is 2. The highest BCUT2D eigenvalue weighted by Gasteiger charge is 2.49. The smallest absolute Gasteiger partial charge is 0.251 e. The number of nitrogens with zero attached hydrogens (tertiary/aromatic N) is 3. The molecule has 0 spiro atoms. The maximum Gasteiger partial charge on any atom is 0.251 e. The Hall–Kier alpha value is -4.30. The molecule has 2 saturated heterocycles. The van der Waals surface area contributed by atoms with Crippen LogP contribution in [0.5, 0.6) is 5.75 Å². The summed E-state index contributed by atoms with van der Waals surface area (Å²) in [6.07, 6.45) is 0.613. The number of hydrogen-bond donors (Lipinski definition) is 5. The van der Waals surface area contributed by atoms with Gasteiger partial charge in [-0.1, -0.05) is 74.5 Å². The average Bonchev–Trinajstić information content (AvgIpc) is 3.89. The van der Waals surface area contributed by atoms with Gasteiger partial charge in [-0.2, -0.15) is 5.06 Å². The van der Waals surface area contributed by atoms with Crippen molar-refractivity contribution in [2.75, 3.05) is 58.9 Å². The monoisotopic (exact) mass is 797 g/mol. The van der Waals surface area contributed by atoms with Crippen LogP contribution in [0.1, 0.15) is 67.6 Å². The maximum absolute atomic E-state index is 14.2. The minimum Gasteiger partial charge on any atom is -0.496 e. The second-order valence-corrected chi connectivity index (χ2v) is 16.8. The summed E-state index contributed by atoms with van der Waals surface area (Å²) in [6.45, 7) is 12.7. The van der Waals surface area contributed by atoms with E-state index in [1.165, 1.54) is 5.57 Å². The Labute approximate surface area is 343 Å². The molecule has 0 unspecified atom stereocenters. The first kappa shape index (κ1) is 43.3. The average molecular weight is 798 g/mol. The lowest BCUT2D eigenvalue weighted by molar-refractivity contribution is -0.182. The van der Waals surface area contributed by atoms with Gasteiger partial charge in [-0.05, 0) is 86.4 Å². The van der Waals surface area contributed by atoms with Crippen LogP contribution in [0.4, 0.5) is 5.69 Å². The number of nitrogens with one attached hydrogen (secondary N) is 2. The number of allylic oxidation sites excluding steroid dienone is 1. The van der Waals surface area contributed by atoms with E-state index in [-0.39, 0.29) is 30.9 Å². The molecule has 1 aliphatic carbocycles. The van der Waals surface area contributed by atoms with Crippen LogP contribution in [0.3, 0.4) is 0 Å². The first-order chi connectivity index (χ1) is 27.8. The number of hydroxylamine groups is 2. The lowest BCUT2D eigenvalue weighted by Gasteiger charge is -2.40. The molecule has 5 N–H and O–H groups in total. The van der Waals surface area contributed by atoms with E-state index in [0.29, 0.717) is 41.8 Å². The van der Waals surface area contributed by atoms with Crippen LogP contribution in [0.15, 0.2) is 78.9 Å². The topological polar surface area (TPSA) is 147 Å². The number of ether oxygens (including phenoxy) is 1. The zero-order valence-electron chi connectivity index (χ0n) is 34.9. The Kier molecular flexibility index (Phi) is 14.3. The fraction of sp³-hybridized carbons (Fsp3) is 0.522. The van der Waals surface area contributed by atoms with Gasteiger partial charge in [0.2, 0.25) is 5.91 Å². The van der Waals surface area contributed by atoms with E-state index in [9.17, 15) is 24.9 Å². The van der Waals surface area contributed by atoms with E-state index in [2.05, 4.69) is 36.0 Å². The quantitative estimate of drug-likeness (QED) is 0.121. The van der Waals surface area contributed by atoms with Gasteiger partial charge in [0.15, 0.2) is 0 Å². The fourth-order valence-electron chi connectivity index (χ4n) is 8.97. The third kappa shape index (κ3) is 9.59. The molecule has 1 saturated carbocycles. The number of methoxy groups -OCH3 is 1. The summed E-state index contributed by atoms with van der Waals surface area (Å²) < 4.78 is 6.08. The van der Waals surface area contributed by atoms with Crippen molar-refractivity contribution in [1.82, 2.24) is 20.6 Å². The molecule has 9 atom stereocenters. The summed E-state index contributed by atoms with van der Waals surface area (Å²) in [5.41, 5.74) is 5.37. The molecule has 3 aromatic carbocycles. The predicted octanol–water partition coefficient (Wildman–Crippen LogP) is 4.79. The number of carbonyl (C=O) groups is 2. The van der Waals surface area contributed by atoms with Gasteiger partial charge < -0.3 is 40.5 Å². The molecule has 0 radical (unpaired) electrons. The molecule has 3 aromatic rings. The number of anilines is 1. The molecule has 12 heteroatoms. The molecule has 0 aromatic heterocycles. The number of amides is 2. The van der Waals surface area contributed by atoms with Crippen molar-refractivity contribution in [3.05, 3.63) is 95.6 Å². The van der Waals surface area contributed by atoms with Crippen molar-refractivity contribution < 1.29 is 34.5 Å². The maximum atomic E-state index is 14.2. The molecule has 3 fully saturated rings. The largest absolute Gasteiger partial charge is 0.496 e. The van der Waals surface area contributed by atoms with E-state index in [4.69, 9.17) is 9.57 Å². The summed E-state index contributed by atoms with van der Waals surface area (Å²) in [7, 11) is 5.42. The number of para-hydroxylation sites is 1. The molecule has 2 aliphatic heterocycles. The normalized spacial score (nSPS) is 24.4. The Morgan fingerprint density at radius 3 is 2.38 bits per heavy atom. The van der Waals surface area contributed by atoms with Gasteiger partial charge in [-0.3, -0.25) is 14.4 Å². The lowest BCUT2D eigenvalue weighted by Crippen LogP contribution is -2.50. The highest BCUT2D eigenvalue weighted by molar-refractivity contribution is 5.97. The molecule has 58 heavy (non-hydrogen) atoms. The Morgan fingerprint density at radius 1 is 1.03 bits per heavy atom. The second kappa shape index (κ2) is 19.2. The minimum atomic E-state index is -0.932. The Balaban J connectivity index is 1.27. The number of hydrogen-bond acceptors (Lipinski definition) is 10. The lowest BCUT2D eigenvalue weighted by atomic mass is 9.66. The first-order valence-corrected chi connectivity index (χ1v) is 20.7. The molecule has 6 rings (SSSR count). The first-order valence-electron chi connectivity index (χ1n) is 20.7. The van der Waals surface area contributed by atoms with Crippen LogP contribution in [0.25, 0.3) is 11.1 Å². The molecule has 314 valence electrons. The van der Waals surface area contributed by atoms with Crippen LogP contribution in [0.2, 0.25) is 0 Å². The second-order valence-electron chi connectivity index (χ2n) is 16.8. The molecule has 2 amide bonds. The van der Waals surface area contributed by atoms with Crippen LogP contribution in [0, 0.1) is 23.7 Å². The predicted molar refractivity (Wildman–Crippen MR) is 226 cm³/mol. The number of rotatable bonds is 17. The van der Waals surface area contributed by atoms with Crippen molar-refractivity contribution >= 4 is 17.5 Å². The number of likely N-dealkylation sites (tertiary alicyclic amines) is 1. The third-order valence-electron chi connectivity index (χ3n) is 12.5. The molecular formula is C46H63N5O7. The molecule has 2 heterocycles. The van der Waals surface area contributed by atoms with E-state index >= 15 is 0 Å². The van der Waals surface area contributed by atoms with Gasteiger partial charge >= 0.3 is 0 Å². The van der Waals surface area contributed by atoms with E-state index < -0.39 is 36.3 Å². The molecular weight excluding hydrogens is 735 g/mol. The summed E-state index contributed by atoms with van der Waals surface area (Å²) in [5, 5.41) is 40.6. The van der Waals surface area contributed by atoms with Crippen molar-refractivity contribution in [3.8, 4) is 16.9 Å². The van der Waals surface area contributed by atoms with Crippen molar-refractivity contribution in [1.29, 1.82) is 0 Å². The standard InChI is InChI=1S/C46H63N5O7/c1-28-20-38(30(28)3)29(2)24-47-46(56)42-41(31(4)53)40(27-52)58-51(42)25-33-16-13-17-37(44(33)57-7)34-21-35(23-36(22-34)49(5)6)45(55)48-39(26-50-18-11-12-19-50)43(54)32-14-9-8-10-15-32/h8-10,13-17,21-23,28-29,31,38-43,52-54H,3,11-12,18-20,24-27H2,1-2,4-7H3,(H,47,56)(H,48,55)/t28-,29+,31-,38-,39+,40-,41+,42-,43+/m0/s1.